The Kier molecular flexibility index (Phi) is 4.66. The quantitative estimate of drug-likeness (QED) is 0.782. The molecule has 0 aliphatic carbocycles. The van der Waals surface area contributed by atoms with Crippen molar-refractivity contribution in [3.8, 4) is 11.5 Å². The van der Waals surface area contributed by atoms with Crippen molar-refractivity contribution in [3.63, 3.8) is 0 Å². The summed E-state index contributed by atoms with van der Waals surface area (Å²) >= 11 is 11.7. The fourth-order valence-corrected chi connectivity index (χ4v) is 3.10. The van der Waals surface area contributed by atoms with Gasteiger partial charge in [-0.05, 0) is 42.8 Å². The number of halogens is 2. The van der Waals surface area contributed by atoms with Gasteiger partial charge in [0.25, 0.3) is 0 Å². The third-order valence-corrected chi connectivity index (χ3v) is 4.53. The second kappa shape index (κ2) is 6.13. The second-order valence-corrected chi connectivity index (χ2v) is 6.63. The van der Waals surface area contributed by atoms with Gasteiger partial charge < -0.3 is 8.92 Å². The van der Waals surface area contributed by atoms with Crippen LogP contribution >= 0.6 is 23.2 Å². The Morgan fingerprint density at radius 2 is 1.71 bits per heavy atom. The van der Waals surface area contributed by atoms with Crippen molar-refractivity contribution in [1.29, 1.82) is 0 Å². The van der Waals surface area contributed by atoms with E-state index in [2.05, 4.69) is 0 Å². The first-order chi connectivity index (χ1) is 9.83. The van der Waals surface area contributed by atoms with Crippen molar-refractivity contribution in [3.05, 3.63) is 52.0 Å². The van der Waals surface area contributed by atoms with Crippen LogP contribution in [0.1, 0.15) is 5.56 Å². The first-order valence-electron chi connectivity index (χ1n) is 5.87. The zero-order chi connectivity index (χ0) is 15.6. The summed E-state index contributed by atoms with van der Waals surface area (Å²) in [6.07, 6.45) is 0. The number of hydrogen-bond donors (Lipinski definition) is 0. The lowest BCUT2D eigenvalue weighted by Gasteiger charge is -2.10. The summed E-state index contributed by atoms with van der Waals surface area (Å²) in [6, 6.07) is 8.78. The predicted molar refractivity (Wildman–Crippen MR) is 82.0 cm³/mol. The third kappa shape index (κ3) is 3.61. The van der Waals surface area contributed by atoms with Crippen molar-refractivity contribution < 1.29 is 17.3 Å². The van der Waals surface area contributed by atoms with E-state index in [0.717, 1.165) is 0 Å². The smallest absolute Gasteiger partial charge is 0.339 e. The van der Waals surface area contributed by atoms with E-state index >= 15 is 0 Å². The van der Waals surface area contributed by atoms with Gasteiger partial charge in [-0.1, -0.05) is 23.2 Å². The molecular formula is C14H12Cl2O4S. The van der Waals surface area contributed by atoms with Crippen LogP contribution in [0.3, 0.4) is 0 Å². The number of hydrogen-bond acceptors (Lipinski definition) is 4. The van der Waals surface area contributed by atoms with E-state index < -0.39 is 10.1 Å². The number of benzene rings is 2. The molecule has 21 heavy (non-hydrogen) atoms. The standard InChI is InChI=1S/C14H12Cl2O4S/c1-9-7-11(4-6-13(9)19-2)21(17,18)20-14-8-10(15)3-5-12(14)16/h3-8H,1-2H3. The maximum absolute atomic E-state index is 12.3. The average Bonchev–Trinajstić information content (AvgIpc) is 2.42. The molecule has 0 fully saturated rings. The van der Waals surface area contributed by atoms with Crippen molar-refractivity contribution in [2.45, 2.75) is 11.8 Å². The Labute approximate surface area is 133 Å². The Morgan fingerprint density at radius 1 is 1.00 bits per heavy atom. The first-order valence-corrected chi connectivity index (χ1v) is 8.04. The largest absolute Gasteiger partial charge is 0.496 e. The molecule has 112 valence electrons. The summed E-state index contributed by atoms with van der Waals surface area (Å²) in [7, 11) is -2.49. The van der Waals surface area contributed by atoms with Gasteiger partial charge in [0.05, 0.1) is 12.1 Å². The molecule has 0 bridgehead atoms. The Morgan fingerprint density at radius 3 is 2.33 bits per heavy atom. The molecule has 0 spiro atoms. The van der Waals surface area contributed by atoms with Crippen LogP contribution < -0.4 is 8.92 Å². The summed E-state index contributed by atoms with van der Waals surface area (Å²) in [5.74, 6) is 0.576. The van der Waals surface area contributed by atoms with E-state index in [1.807, 2.05) is 0 Å². The van der Waals surface area contributed by atoms with Crippen LogP contribution in [-0.2, 0) is 10.1 Å². The van der Waals surface area contributed by atoms with Gasteiger partial charge >= 0.3 is 10.1 Å². The van der Waals surface area contributed by atoms with Crippen LogP contribution in [0, 0.1) is 6.92 Å². The highest BCUT2D eigenvalue weighted by atomic mass is 35.5. The Balaban J connectivity index is 2.38. The third-order valence-electron chi connectivity index (χ3n) is 2.75. The molecular weight excluding hydrogens is 335 g/mol. The highest BCUT2D eigenvalue weighted by molar-refractivity contribution is 7.87. The van der Waals surface area contributed by atoms with Crippen molar-refractivity contribution in [1.82, 2.24) is 0 Å². The fraction of sp³-hybridized carbons (Fsp3) is 0.143. The monoisotopic (exact) mass is 346 g/mol. The minimum Gasteiger partial charge on any atom is -0.496 e. The summed E-state index contributed by atoms with van der Waals surface area (Å²) in [5, 5.41) is 0.490. The molecule has 0 heterocycles. The molecule has 2 rings (SSSR count). The lowest BCUT2D eigenvalue weighted by molar-refractivity contribution is 0.411. The number of methoxy groups -OCH3 is 1. The molecule has 0 aliphatic heterocycles. The van der Waals surface area contributed by atoms with E-state index in [1.165, 1.54) is 31.4 Å². The van der Waals surface area contributed by atoms with Crippen LogP contribution in [-0.4, -0.2) is 15.5 Å². The minimum atomic E-state index is -4.00. The molecule has 0 saturated carbocycles. The van der Waals surface area contributed by atoms with Crippen molar-refractivity contribution >= 4 is 33.3 Å². The fourth-order valence-electron chi connectivity index (χ4n) is 1.71. The summed E-state index contributed by atoms with van der Waals surface area (Å²) < 4.78 is 34.6. The highest BCUT2D eigenvalue weighted by Gasteiger charge is 2.19. The van der Waals surface area contributed by atoms with Gasteiger partial charge in [-0.3, -0.25) is 0 Å². The molecule has 2 aromatic rings. The molecule has 0 saturated heterocycles. The van der Waals surface area contributed by atoms with Gasteiger partial charge in [0.1, 0.15) is 10.6 Å². The van der Waals surface area contributed by atoms with Gasteiger partial charge in [-0.2, -0.15) is 8.42 Å². The molecule has 0 amide bonds. The molecule has 7 heteroatoms. The Hall–Kier alpha value is -1.43. The molecule has 0 unspecified atom stereocenters. The van der Waals surface area contributed by atoms with Crippen LogP contribution in [0.4, 0.5) is 0 Å². The highest BCUT2D eigenvalue weighted by Crippen LogP contribution is 2.31. The van der Waals surface area contributed by atoms with E-state index in [1.54, 1.807) is 19.1 Å². The topological polar surface area (TPSA) is 52.6 Å². The molecule has 0 radical (unpaired) electrons. The van der Waals surface area contributed by atoms with E-state index in [-0.39, 0.29) is 15.7 Å². The summed E-state index contributed by atoms with van der Waals surface area (Å²) in [6.45, 7) is 1.74. The van der Waals surface area contributed by atoms with Gasteiger partial charge in [0, 0.05) is 11.1 Å². The zero-order valence-corrected chi connectivity index (χ0v) is 13.6. The second-order valence-electron chi connectivity index (χ2n) is 4.24. The van der Waals surface area contributed by atoms with Crippen molar-refractivity contribution in [2.24, 2.45) is 0 Å². The number of aryl methyl sites for hydroxylation is 1. The van der Waals surface area contributed by atoms with Crippen LogP contribution in [0.15, 0.2) is 41.3 Å². The van der Waals surface area contributed by atoms with Gasteiger partial charge in [-0.25, -0.2) is 0 Å². The lowest BCUT2D eigenvalue weighted by atomic mass is 10.2. The summed E-state index contributed by atoms with van der Waals surface area (Å²) in [5.41, 5.74) is 0.680. The molecule has 0 atom stereocenters. The molecule has 0 aromatic heterocycles. The molecule has 2 aromatic carbocycles. The van der Waals surface area contributed by atoms with Crippen LogP contribution in [0.2, 0.25) is 10.0 Å². The molecule has 0 N–H and O–H groups in total. The van der Waals surface area contributed by atoms with Crippen LogP contribution in [0.5, 0.6) is 11.5 Å². The minimum absolute atomic E-state index is 0.0110. The number of ether oxygens (including phenoxy) is 1. The zero-order valence-electron chi connectivity index (χ0n) is 11.3. The van der Waals surface area contributed by atoms with E-state index in [4.69, 9.17) is 32.1 Å². The van der Waals surface area contributed by atoms with E-state index in [0.29, 0.717) is 16.3 Å². The maximum atomic E-state index is 12.3. The van der Waals surface area contributed by atoms with Crippen LogP contribution in [0.25, 0.3) is 0 Å². The lowest BCUT2D eigenvalue weighted by Crippen LogP contribution is -2.10. The van der Waals surface area contributed by atoms with Crippen molar-refractivity contribution in [2.75, 3.05) is 7.11 Å². The first kappa shape index (κ1) is 15.9. The molecule has 4 nitrogen and oxygen atoms in total. The normalized spacial score (nSPS) is 11.2. The van der Waals surface area contributed by atoms with E-state index in [9.17, 15) is 8.42 Å². The van der Waals surface area contributed by atoms with Gasteiger partial charge in [-0.15, -0.1) is 0 Å². The summed E-state index contributed by atoms with van der Waals surface area (Å²) in [4.78, 5) is 0.0110. The van der Waals surface area contributed by atoms with Gasteiger partial charge in [0.15, 0.2) is 5.75 Å². The SMILES string of the molecule is COc1ccc(S(=O)(=O)Oc2cc(Cl)ccc2Cl)cc1C. The maximum Gasteiger partial charge on any atom is 0.339 e. The van der Waals surface area contributed by atoms with Gasteiger partial charge in [0.2, 0.25) is 0 Å². The Bertz CT molecular complexity index is 773. The molecule has 0 aliphatic rings. The predicted octanol–water partition coefficient (Wildman–Crippen LogP) is 4.08. The number of rotatable bonds is 4. The average molecular weight is 347 g/mol.